The van der Waals surface area contributed by atoms with E-state index in [1.54, 1.807) is 24.2 Å². The first-order valence-corrected chi connectivity index (χ1v) is 6.86. The molecule has 2 aromatic heterocycles. The largest absolute Gasteiger partial charge is 0.398 e. The lowest BCUT2D eigenvalue weighted by molar-refractivity contribution is 1.13. The second kappa shape index (κ2) is 5.07. The summed E-state index contributed by atoms with van der Waals surface area (Å²) in [5.74, 6) is 0. The number of benzene rings is 1. The first-order valence-electron chi connectivity index (χ1n) is 5.66. The number of rotatable bonds is 2. The molecule has 0 spiro atoms. The number of nitrogens with two attached hydrogens (primary N) is 1. The zero-order valence-corrected chi connectivity index (χ0v) is 11.4. The quantitative estimate of drug-likeness (QED) is 0.723. The van der Waals surface area contributed by atoms with Crippen LogP contribution in [0, 0.1) is 0 Å². The van der Waals surface area contributed by atoms with E-state index in [2.05, 4.69) is 9.97 Å². The SMILES string of the molecule is Nc1ccc(Sc2ccc(Cl)cn2)c2ncccc12. The maximum absolute atomic E-state index is 5.96. The predicted octanol–water partition coefficient (Wildman–Crippen LogP) is 4.02. The average molecular weight is 288 g/mol. The van der Waals surface area contributed by atoms with Gasteiger partial charge in [0.05, 0.1) is 10.5 Å². The van der Waals surface area contributed by atoms with E-state index in [0.717, 1.165) is 26.5 Å². The van der Waals surface area contributed by atoms with Gasteiger partial charge in [-0.3, -0.25) is 4.98 Å². The fourth-order valence-electron chi connectivity index (χ4n) is 1.79. The summed E-state index contributed by atoms with van der Waals surface area (Å²) in [4.78, 5) is 9.70. The van der Waals surface area contributed by atoms with Crippen molar-refractivity contribution in [3.63, 3.8) is 0 Å². The molecule has 0 radical (unpaired) electrons. The van der Waals surface area contributed by atoms with Crippen molar-refractivity contribution >= 4 is 40.0 Å². The summed E-state index contributed by atoms with van der Waals surface area (Å²) in [5, 5.41) is 2.47. The summed E-state index contributed by atoms with van der Waals surface area (Å²) >= 11 is 7.38. The van der Waals surface area contributed by atoms with Crippen LogP contribution >= 0.6 is 23.4 Å². The first-order chi connectivity index (χ1) is 9.24. The molecular weight excluding hydrogens is 278 g/mol. The summed E-state index contributed by atoms with van der Waals surface area (Å²) in [7, 11) is 0. The van der Waals surface area contributed by atoms with Gasteiger partial charge in [-0.25, -0.2) is 4.98 Å². The van der Waals surface area contributed by atoms with Crippen molar-refractivity contribution < 1.29 is 0 Å². The van der Waals surface area contributed by atoms with Gasteiger partial charge < -0.3 is 5.73 Å². The van der Waals surface area contributed by atoms with E-state index in [-0.39, 0.29) is 0 Å². The molecule has 0 saturated heterocycles. The van der Waals surface area contributed by atoms with Crippen molar-refractivity contribution in [3.8, 4) is 0 Å². The Balaban J connectivity index is 2.06. The average Bonchev–Trinajstić information content (AvgIpc) is 2.45. The number of hydrogen-bond donors (Lipinski definition) is 1. The Morgan fingerprint density at radius 3 is 2.74 bits per heavy atom. The van der Waals surface area contributed by atoms with Gasteiger partial charge in [-0.15, -0.1) is 0 Å². The van der Waals surface area contributed by atoms with E-state index in [1.807, 2.05) is 36.4 Å². The summed E-state index contributed by atoms with van der Waals surface area (Å²) in [6, 6.07) is 11.4. The number of anilines is 1. The molecule has 3 aromatic rings. The van der Waals surface area contributed by atoms with E-state index >= 15 is 0 Å². The normalized spacial score (nSPS) is 10.8. The number of hydrogen-bond acceptors (Lipinski definition) is 4. The maximum Gasteiger partial charge on any atom is 0.101 e. The third kappa shape index (κ3) is 2.50. The van der Waals surface area contributed by atoms with Crippen molar-refractivity contribution in [1.82, 2.24) is 9.97 Å². The van der Waals surface area contributed by atoms with Crippen molar-refractivity contribution in [1.29, 1.82) is 0 Å². The van der Waals surface area contributed by atoms with E-state index in [9.17, 15) is 0 Å². The Morgan fingerprint density at radius 1 is 1.05 bits per heavy atom. The van der Waals surface area contributed by atoms with Gasteiger partial charge in [-0.05, 0) is 36.4 Å². The second-order valence-electron chi connectivity index (χ2n) is 3.97. The molecule has 94 valence electrons. The van der Waals surface area contributed by atoms with Crippen LogP contribution in [0.15, 0.2) is 58.7 Å². The van der Waals surface area contributed by atoms with E-state index < -0.39 is 0 Å². The molecule has 0 aliphatic heterocycles. The van der Waals surface area contributed by atoms with Crippen LogP contribution in [0.5, 0.6) is 0 Å². The highest BCUT2D eigenvalue weighted by Crippen LogP contribution is 2.33. The molecule has 0 fully saturated rings. The van der Waals surface area contributed by atoms with Gasteiger partial charge in [0.25, 0.3) is 0 Å². The Morgan fingerprint density at radius 2 is 1.95 bits per heavy atom. The molecule has 0 bridgehead atoms. The predicted molar refractivity (Wildman–Crippen MR) is 79.5 cm³/mol. The molecule has 0 amide bonds. The molecule has 3 nitrogen and oxygen atoms in total. The summed E-state index contributed by atoms with van der Waals surface area (Å²) in [5.41, 5.74) is 7.58. The molecule has 19 heavy (non-hydrogen) atoms. The van der Waals surface area contributed by atoms with Crippen LogP contribution in [0.4, 0.5) is 5.69 Å². The molecular formula is C14H10ClN3S. The summed E-state index contributed by atoms with van der Waals surface area (Å²) in [6.07, 6.45) is 3.40. The van der Waals surface area contributed by atoms with Gasteiger partial charge in [0, 0.05) is 28.4 Å². The van der Waals surface area contributed by atoms with Crippen molar-refractivity contribution in [2.24, 2.45) is 0 Å². The lowest BCUT2D eigenvalue weighted by Crippen LogP contribution is -1.90. The van der Waals surface area contributed by atoms with Gasteiger partial charge in [-0.1, -0.05) is 23.4 Å². The Labute approximate surface area is 119 Å². The van der Waals surface area contributed by atoms with Crippen molar-refractivity contribution in [2.45, 2.75) is 9.92 Å². The summed E-state index contributed by atoms with van der Waals surface area (Å²) < 4.78 is 0. The van der Waals surface area contributed by atoms with Gasteiger partial charge >= 0.3 is 0 Å². The van der Waals surface area contributed by atoms with E-state index in [1.165, 1.54) is 0 Å². The molecule has 0 unspecified atom stereocenters. The monoisotopic (exact) mass is 287 g/mol. The van der Waals surface area contributed by atoms with Gasteiger partial charge in [0.2, 0.25) is 0 Å². The van der Waals surface area contributed by atoms with Crippen LogP contribution in [0.25, 0.3) is 10.9 Å². The minimum atomic E-state index is 0.629. The number of pyridine rings is 2. The highest BCUT2D eigenvalue weighted by Gasteiger charge is 2.07. The van der Waals surface area contributed by atoms with Crippen LogP contribution in [0.1, 0.15) is 0 Å². The molecule has 2 N–H and O–H groups in total. The van der Waals surface area contributed by atoms with Crippen LogP contribution in [-0.2, 0) is 0 Å². The Kier molecular flexibility index (Phi) is 3.27. The number of fused-ring (bicyclic) bond motifs is 1. The molecule has 1 aromatic carbocycles. The first kappa shape index (κ1) is 12.3. The van der Waals surface area contributed by atoms with Crippen LogP contribution in [0.2, 0.25) is 5.02 Å². The van der Waals surface area contributed by atoms with Crippen LogP contribution in [-0.4, -0.2) is 9.97 Å². The second-order valence-corrected chi connectivity index (χ2v) is 5.47. The van der Waals surface area contributed by atoms with Gasteiger partial charge in [-0.2, -0.15) is 0 Å². The topological polar surface area (TPSA) is 51.8 Å². The third-order valence-corrected chi connectivity index (χ3v) is 3.90. The van der Waals surface area contributed by atoms with Crippen molar-refractivity contribution in [2.75, 3.05) is 5.73 Å². The van der Waals surface area contributed by atoms with Crippen molar-refractivity contribution in [3.05, 3.63) is 53.8 Å². The van der Waals surface area contributed by atoms with Crippen LogP contribution in [0.3, 0.4) is 0 Å². The maximum atomic E-state index is 5.96. The summed E-state index contributed by atoms with van der Waals surface area (Å²) in [6.45, 7) is 0. The minimum Gasteiger partial charge on any atom is -0.398 e. The smallest absolute Gasteiger partial charge is 0.101 e. The molecule has 0 aliphatic rings. The number of nitrogens with zero attached hydrogens (tertiary/aromatic N) is 2. The zero-order valence-electron chi connectivity index (χ0n) is 9.88. The molecule has 0 saturated carbocycles. The molecule has 0 atom stereocenters. The highest BCUT2D eigenvalue weighted by atomic mass is 35.5. The van der Waals surface area contributed by atoms with E-state index in [0.29, 0.717) is 5.02 Å². The zero-order chi connectivity index (χ0) is 13.2. The third-order valence-electron chi connectivity index (χ3n) is 2.68. The van der Waals surface area contributed by atoms with Gasteiger partial charge in [0.15, 0.2) is 0 Å². The molecule has 2 heterocycles. The fraction of sp³-hybridized carbons (Fsp3) is 0. The number of halogens is 1. The lowest BCUT2D eigenvalue weighted by atomic mass is 10.2. The number of aromatic nitrogens is 2. The molecule has 0 aliphatic carbocycles. The van der Waals surface area contributed by atoms with Gasteiger partial charge in [0.1, 0.15) is 5.03 Å². The number of nitrogen functional groups attached to an aromatic ring is 1. The van der Waals surface area contributed by atoms with Crippen LogP contribution < -0.4 is 5.73 Å². The fourth-order valence-corrected chi connectivity index (χ4v) is 2.76. The molecule has 5 heteroatoms. The Bertz CT molecular complexity index is 728. The molecule has 3 rings (SSSR count). The highest BCUT2D eigenvalue weighted by molar-refractivity contribution is 7.99. The lowest BCUT2D eigenvalue weighted by Gasteiger charge is -2.07. The Hall–Kier alpha value is -1.78. The minimum absolute atomic E-state index is 0.629. The standard InChI is InChI=1S/C14H10ClN3S/c15-9-3-6-13(18-8-9)19-12-5-4-11(16)10-2-1-7-17-14(10)12/h1-8H,16H2. The van der Waals surface area contributed by atoms with E-state index in [4.69, 9.17) is 17.3 Å².